The first kappa shape index (κ1) is 19.9. The smallest absolute Gasteiger partial charge is 0.410 e. The maximum Gasteiger partial charge on any atom is 0.410 e. The van der Waals surface area contributed by atoms with Crippen LogP contribution in [0.15, 0.2) is 0 Å². The van der Waals surface area contributed by atoms with E-state index >= 15 is 0 Å². The molecule has 0 radical (unpaired) electrons. The molecule has 2 aliphatic rings. The second-order valence-corrected chi connectivity index (χ2v) is 11.2. The molecule has 1 N–H and O–H groups in total. The van der Waals surface area contributed by atoms with Gasteiger partial charge in [-0.2, -0.15) is 0 Å². The van der Waals surface area contributed by atoms with Crippen molar-refractivity contribution in [2.45, 2.75) is 83.6 Å². The third kappa shape index (κ3) is 5.81. The summed E-state index contributed by atoms with van der Waals surface area (Å²) in [7, 11) is 0. The van der Waals surface area contributed by atoms with Gasteiger partial charge in [-0.3, -0.25) is 0 Å². The Balaban J connectivity index is 1.88. The summed E-state index contributed by atoms with van der Waals surface area (Å²) in [6.07, 6.45) is 4.15. The Kier molecular flexibility index (Phi) is 6.14. The van der Waals surface area contributed by atoms with E-state index in [0.29, 0.717) is 17.9 Å². The molecule has 6 heteroatoms. The minimum Gasteiger partial charge on any atom is -0.598 e. The summed E-state index contributed by atoms with van der Waals surface area (Å²) in [5.41, 5.74) is -0.449. The first-order valence-corrected chi connectivity index (χ1v) is 10.3. The number of carbonyl (C=O) groups is 1. The van der Waals surface area contributed by atoms with Crippen molar-refractivity contribution in [3.63, 3.8) is 0 Å². The van der Waals surface area contributed by atoms with Crippen molar-refractivity contribution in [3.05, 3.63) is 0 Å². The van der Waals surface area contributed by atoms with E-state index in [1.807, 2.05) is 46.4 Å². The summed E-state index contributed by atoms with van der Waals surface area (Å²) in [6, 6.07) is 0.311. The molecule has 5 nitrogen and oxygen atoms in total. The summed E-state index contributed by atoms with van der Waals surface area (Å²) < 4.78 is 21.1. The van der Waals surface area contributed by atoms with Crippen LogP contribution in [0.4, 0.5) is 4.79 Å². The van der Waals surface area contributed by atoms with Gasteiger partial charge < -0.3 is 14.2 Å². The lowest BCUT2D eigenvalue weighted by Gasteiger charge is -2.38. The van der Waals surface area contributed by atoms with Crippen molar-refractivity contribution in [1.29, 1.82) is 0 Å². The second kappa shape index (κ2) is 7.42. The Hall–Kier alpha value is -0.460. The Morgan fingerprint density at radius 3 is 2.00 bits per heavy atom. The first-order valence-electron chi connectivity index (χ1n) is 9.13. The van der Waals surface area contributed by atoms with Crippen LogP contribution in [0.5, 0.6) is 0 Å². The minimum absolute atomic E-state index is 0.213. The van der Waals surface area contributed by atoms with E-state index in [0.717, 1.165) is 25.9 Å². The lowest BCUT2D eigenvalue weighted by molar-refractivity contribution is 0.0169. The molecule has 2 atom stereocenters. The molecule has 0 aromatic rings. The van der Waals surface area contributed by atoms with Gasteiger partial charge in [0.05, 0.1) is 6.04 Å². The number of carbonyl (C=O) groups excluding carboxylic acids is 1. The molecule has 1 aliphatic carbocycles. The average Bonchev–Trinajstić information content (AvgIpc) is 3.26. The van der Waals surface area contributed by atoms with Gasteiger partial charge >= 0.3 is 6.09 Å². The highest BCUT2D eigenvalue weighted by molar-refractivity contribution is 7.90. The van der Waals surface area contributed by atoms with Crippen LogP contribution in [0, 0.1) is 11.8 Å². The molecule has 2 rings (SSSR count). The number of likely N-dealkylation sites (tertiary alicyclic amines) is 1. The Labute approximate surface area is 150 Å². The lowest BCUT2D eigenvalue weighted by Crippen LogP contribution is -2.51. The zero-order valence-corrected chi connectivity index (χ0v) is 16.9. The van der Waals surface area contributed by atoms with Crippen molar-refractivity contribution < 1.29 is 14.1 Å². The summed E-state index contributed by atoms with van der Waals surface area (Å²) >= 11 is -1.04. The van der Waals surface area contributed by atoms with Crippen LogP contribution in [0.1, 0.15) is 67.2 Å². The molecule has 1 saturated carbocycles. The fourth-order valence-corrected chi connectivity index (χ4v) is 4.09. The Bertz CT molecular complexity index is 433. The van der Waals surface area contributed by atoms with Crippen molar-refractivity contribution in [2.24, 2.45) is 11.8 Å². The van der Waals surface area contributed by atoms with E-state index < -0.39 is 17.0 Å². The zero-order valence-electron chi connectivity index (χ0n) is 16.1. The van der Waals surface area contributed by atoms with Crippen LogP contribution in [0.3, 0.4) is 0 Å². The largest absolute Gasteiger partial charge is 0.598 e. The van der Waals surface area contributed by atoms with Crippen molar-refractivity contribution in [3.8, 4) is 0 Å². The van der Waals surface area contributed by atoms with Crippen LogP contribution in [0.25, 0.3) is 0 Å². The maximum absolute atomic E-state index is 12.5. The Morgan fingerprint density at radius 2 is 1.58 bits per heavy atom. The lowest BCUT2D eigenvalue weighted by atomic mass is 9.87. The molecular formula is C18H34N2O3S. The Morgan fingerprint density at radius 1 is 1.08 bits per heavy atom. The van der Waals surface area contributed by atoms with Gasteiger partial charge in [0.1, 0.15) is 10.3 Å². The van der Waals surface area contributed by atoms with Crippen LogP contribution in [-0.4, -0.2) is 45.0 Å². The van der Waals surface area contributed by atoms with Crippen molar-refractivity contribution in [1.82, 2.24) is 9.62 Å². The van der Waals surface area contributed by atoms with Gasteiger partial charge in [-0.05, 0) is 79.1 Å². The molecule has 140 valence electrons. The minimum atomic E-state index is -1.04. The van der Waals surface area contributed by atoms with Crippen LogP contribution >= 0.6 is 0 Å². The van der Waals surface area contributed by atoms with Gasteiger partial charge in [-0.15, -0.1) is 4.72 Å². The molecule has 2 fully saturated rings. The van der Waals surface area contributed by atoms with Gasteiger partial charge in [0.2, 0.25) is 0 Å². The van der Waals surface area contributed by atoms with Gasteiger partial charge in [-0.1, -0.05) is 0 Å². The van der Waals surface area contributed by atoms with Crippen LogP contribution in [-0.2, 0) is 16.1 Å². The molecule has 1 amide bonds. The fraction of sp³-hybridized carbons (Fsp3) is 0.944. The monoisotopic (exact) mass is 358 g/mol. The average molecular weight is 359 g/mol. The molecule has 1 saturated heterocycles. The third-order valence-corrected chi connectivity index (χ3v) is 6.23. The number of nitrogens with one attached hydrogen (secondary N) is 1. The summed E-state index contributed by atoms with van der Waals surface area (Å²) in [5.74, 6) is 1.14. The van der Waals surface area contributed by atoms with Gasteiger partial charge in [0.25, 0.3) is 0 Å². The van der Waals surface area contributed by atoms with Crippen LogP contribution in [0.2, 0.25) is 0 Å². The van der Waals surface area contributed by atoms with Gasteiger partial charge in [0, 0.05) is 24.5 Å². The predicted molar refractivity (Wildman–Crippen MR) is 98.1 cm³/mol. The van der Waals surface area contributed by atoms with Crippen molar-refractivity contribution >= 4 is 17.5 Å². The van der Waals surface area contributed by atoms with E-state index in [4.69, 9.17) is 4.74 Å². The van der Waals surface area contributed by atoms with E-state index in [1.165, 1.54) is 12.8 Å². The topological polar surface area (TPSA) is 64.6 Å². The predicted octanol–water partition coefficient (Wildman–Crippen LogP) is 3.46. The molecule has 0 spiro atoms. The molecule has 0 aromatic carbocycles. The highest BCUT2D eigenvalue weighted by atomic mass is 32.2. The highest BCUT2D eigenvalue weighted by Gasteiger charge is 2.42. The highest BCUT2D eigenvalue weighted by Crippen LogP contribution is 2.39. The molecule has 1 aliphatic heterocycles. The van der Waals surface area contributed by atoms with E-state index in [1.54, 1.807) is 0 Å². The van der Waals surface area contributed by atoms with Gasteiger partial charge in [0.15, 0.2) is 0 Å². The third-order valence-electron chi connectivity index (χ3n) is 4.63. The number of hydrogen-bond acceptors (Lipinski definition) is 4. The van der Waals surface area contributed by atoms with E-state index in [2.05, 4.69) is 4.72 Å². The standard InChI is InChI=1S/C18H34N2O3S/c1-17(2,3)23-16(21)20-11-9-14(10-12-20)15(13-7-8-13)19-24(22)18(4,5)6/h13-15,19H,7-12H2,1-6H3/t15?,24-/m1/s1. The second-order valence-electron chi connectivity index (χ2n) is 9.17. The maximum atomic E-state index is 12.5. The van der Waals surface area contributed by atoms with Crippen LogP contribution < -0.4 is 4.72 Å². The molecule has 24 heavy (non-hydrogen) atoms. The number of ether oxygens (including phenoxy) is 1. The molecular weight excluding hydrogens is 324 g/mol. The van der Waals surface area contributed by atoms with Crippen molar-refractivity contribution in [2.75, 3.05) is 13.1 Å². The fourth-order valence-electron chi connectivity index (χ4n) is 3.10. The zero-order chi connectivity index (χ0) is 18.1. The number of hydrogen-bond donors (Lipinski definition) is 1. The van der Waals surface area contributed by atoms with Gasteiger partial charge in [-0.25, -0.2) is 4.79 Å². The number of rotatable bonds is 4. The van der Waals surface area contributed by atoms with E-state index in [9.17, 15) is 9.35 Å². The summed E-state index contributed by atoms with van der Waals surface area (Å²) in [5, 5.41) is 0. The SMILES string of the molecule is CC(C)(C)OC(=O)N1CCC(C(N[S@+]([O-])C(C)(C)C)C2CC2)CC1. The number of amides is 1. The van der Waals surface area contributed by atoms with E-state index in [-0.39, 0.29) is 10.8 Å². The number of piperidine rings is 1. The molecule has 0 bridgehead atoms. The quantitative estimate of drug-likeness (QED) is 0.782. The number of nitrogens with zero attached hydrogens (tertiary/aromatic N) is 1. The summed E-state index contributed by atoms with van der Waals surface area (Å²) in [6.45, 7) is 13.2. The normalized spacial score (nSPS) is 23.0. The summed E-state index contributed by atoms with van der Waals surface area (Å²) in [4.78, 5) is 14.0. The first-order chi connectivity index (χ1) is 11.0. The molecule has 0 aromatic heterocycles. The molecule has 1 heterocycles. The molecule has 1 unspecified atom stereocenters.